The Bertz CT molecular complexity index is 3410. The Kier molecular flexibility index (Phi) is 3.60. The van der Waals surface area contributed by atoms with Crippen LogP contribution in [0, 0.1) is 0 Å². The van der Waals surface area contributed by atoms with E-state index in [1.54, 1.807) is 24.3 Å². The van der Waals surface area contributed by atoms with Crippen molar-refractivity contribution >= 4 is 49.4 Å². The van der Waals surface area contributed by atoms with Gasteiger partial charge in [0.05, 0.1) is 24.9 Å². The molecule has 3 nitrogen and oxygen atoms in total. The van der Waals surface area contributed by atoms with Crippen LogP contribution in [0.15, 0.2) is 174 Å². The first-order valence-corrected chi connectivity index (χ1v) is 15.2. The molecule has 0 radical (unpaired) electrons. The number of anilines is 3. The van der Waals surface area contributed by atoms with Gasteiger partial charge in [0.1, 0.15) is 5.69 Å². The highest BCUT2D eigenvalue weighted by Crippen LogP contribution is 2.52. The van der Waals surface area contributed by atoms with Crippen LogP contribution in [0.4, 0.5) is 17.1 Å². The molecule has 0 fully saturated rings. The fourth-order valence-electron chi connectivity index (χ4n) is 6.66. The maximum atomic E-state index is 9.59. The summed E-state index contributed by atoms with van der Waals surface area (Å²) in [5.74, 6) is 0.850. The minimum atomic E-state index is -0.793. The van der Waals surface area contributed by atoms with Crippen LogP contribution < -0.4 is 4.90 Å². The van der Waals surface area contributed by atoms with Crippen molar-refractivity contribution in [3.8, 4) is 45.2 Å². The predicted molar refractivity (Wildman–Crippen MR) is 199 cm³/mol. The fraction of sp³-hybridized carbons (Fsp3) is 0. The first kappa shape index (κ1) is 16.4. The lowest BCUT2D eigenvalue weighted by Gasteiger charge is -2.27. The summed E-state index contributed by atoms with van der Waals surface area (Å²) in [7, 11) is 0. The number of benzene rings is 8. The van der Waals surface area contributed by atoms with Crippen LogP contribution >= 0.6 is 0 Å². The number of hydrogen-bond donors (Lipinski definition) is 0. The molecule has 1 aliphatic rings. The molecule has 1 aromatic heterocycles. The Balaban J connectivity index is 1.25. The maximum absolute atomic E-state index is 9.59. The minimum absolute atomic E-state index is 0.112. The van der Waals surface area contributed by atoms with E-state index in [0.717, 1.165) is 32.0 Å². The van der Waals surface area contributed by atoms with Gasteiger partial charge >= 0.3 is 0 Å². The Hall–Kier alpha value is -6.45. The first-order chi connectivity index (χ1) is 29.6. The summed E-state index contributed by atoms with van der Waals surface area (Å²) in [5, 5.41) is 5.09. The largest absolute Gasteiger partial charge is 0.435 e. The van der Waals surface area contributed by atoms with Crippen molar-refractivity contribution in [2.45, 2.75) is 0 Å². The highest BCUT2D eigenvalue weighted by Gasteiger charge is 2.30. The van der Waals surface area contributed by atoms with E-state index in [4.69, 9.17) is 25.9 Å². The number of fused-ring (bicyclic) bond motifs is 6. The highest BCUT2D eigenvalue weighted by atomic mass is 16.4. The number of rotatable bonds is 5. The number of oxazole rings is 1. The van der Waals surface area contributed by atoms with Crippen molar-refractivity contribution in [2.75, 3.05) is 4.90 Å². The van der Waals surface area contributed by atoms with Crippen molar-refractivity contribution < 1.29 is 23.6 Å². The fourth-order valence-corrected chi connectivity index (χ4v) is 6.66. The molecule has 10 rings (SSSR count). The van der Waals surface area contributed by atoms with Gasteiger partial charge in [0.2, 0.25) is 5.89 Å². The first-order valence-electron chi connectivity index (χ1n) is 22.2. The van der Waals surface area contributed by atoms with Crippen molar-refractivity contribution in [3.05, 3.63) is 170 Å². The summed E-state index contributed by atoms with van der Waals surface area (Å²) >= 11 is 0. The lowest BCUT2D eigenvalue weighted by atomic mass is 9.97. The van der Waals surface area contributed by atoms with Crippen molar-refractivity contribution in [3.63, 3.8) is 0 Å². The summed E-state index contributed by atoms with van der Waals surface area (Å²) in [6.45, 7) is 0. The lowest BCUT2D eigenvalue weighted by Crippen LogP contribution is -2.10. The monoisotopic (exact) mass is 626 g/mol. The average molecular weight is 627 g/mol. The van der Waals surface area contributed by atoms with Crippen LogP contribution in [-0.2, 0) is 0 Å². The normalized spacial score (nSPS) is 15.8. The van der Waals surface area contributed by atoms with Crippen LogP contribution in [0.5, 0.6) is 0 Å². The molecule has 0 saturated heterocycles. The molecule has 0 saturated carbocycles. The third kappa shape index (κ3) is 4.04. The zero-order valence-electron chi connectivity index (χ0n) is 38.9. The molecule has 0 unspecified atom stereocenters. The van der Waals surface area contributed by atoms with Gasteiger partial charge in [-0.3, -0.25) is 0 Å². The molecule has 0 aliphatic heterocycles. The maximum Gasteiger partial charge on any atom is 0.228 e. The van der Waals surface area contributed by atoms with Crippen LogP contribution in [0.25, 0.3) is 77.5 Å². The third-order valence-corrected chi connectivity index (χ3v) is 8.68. The molecular weight excluding hydrogens is 585 g/mol. The van der Waals surface area contributed by atoms with Crippen molar-refractivity contribution in [2.24, 2.45) is 0 Å². The van der Waals surface area contributed by atoms with Gasteiger partial charge < -0.3 is 9.32 Å². The van der Waals surface area contributed by atoms with Crippen LogP contribution in [-0.4, -0.2) is 4.98 Å². The van der Waals surface area contributed by atoms with Gasteiger partial charge in [-0.05, 0) is 75.0 Å². The van der Waals surface area contributed by atoms with E-state index in [2.05, 4.69) is 12.1 Å². The number of hydrogen-bond acceptors (Lipinski definition) is 3. The summed E-state index contributed by atoms with van der Waals surface area (Å²) < 4.78 is 129. The van der Waals surface area contributed by atoms with Gasteiger partial charge in [-0.25, -0.2) is 4.98 Å². The topological polar surface area (TPSA) is 29.3 Å². The number of para-hydroxylation sites is 1. The molecule has 0 amide bonds. The minimum Gasteiger partial charge on any atom is -0.435 e. The predicted octanol–water partition coefficient (Wildman–Crippen LogP) is 12.6. The van der Waals surface area contributed by atoms with Gasteiger partial charge in [0.25, 0.3) is 0 Å². The van der Waals surface area contributed by atoms with E-state index in [9.17, 15) is 2.74 Å². The summed E-state index contributed by atoms with van der Waals surface area (Å²) in [5.41, 5.74) is 0.561. The average Bonchev–Trinajstić information content (AvgIpc) is 3.85. The molecular formula is C45H28N2O. The summed E-state index contributed by atoms with van der Waals surface area (Å²) in [4.78, 5) is 6.15. The molecule has 224 valence electrons. The van der Waals surface area contributed by atoms with Crippen molar-refractivity contribution in [1.82, 2.24) is 4.98 Å². The second-order valence-corrected chi connectivity index (χ2v) is 11.3. The van der Waals surface area contributed by atoms with E-state index in [1.165, 1.54) is 0 Å². The third-order valence-electron chi connectivity index (χ3n) is 8.68. The molecule has 9 aromatic rings. The molecule has 0 atom stereocenters. The van der Waals surface area contributed by atoms with Crippen LogP contribution in [0.3, 0.4) is 0 Å². The van der Waals surface area contributed by atoms with Gasteiger partial charge in [0.15, 0.2) is 5.76 Å². The molecule has 1 aliphatic carbocycles. The highest BCUT2D eigenvalue weighted by molar-refractivity contribution is 6.18. The molecule has 8 aromatic carbocycles. The molecule has 3 heteroatoms. The summed E-state index contributed by atoms with van der Waals surface area (Å²) in [6, 6.07) is 16.3. The number of aromatic nitrogens is 1. The second kappa shape index (κ2) is 10.5. The van der Waals surface area contributed by atoms with E-state index >= 15 is 0 Å². The Morgan fingerprint density at radius 1 is 0.542 bits per heavy atom. The Labute approximate surface area is 297 Å². The molecule has 1 heterocycles. The Morgan fingerprint density at radius 2 is 1.25 bits per heavy atom. The van der Waals surface area contributed by atoms with E-state index in [1.807, 2.05) is 48.5 Å². The second-order valence-electron chi connectivity index (χ2n) is 11.3. The molecule has 0 N–H and O–H groups in total. The van der Waals surface area contributed by atoms with Gasteiger partial charge in [-0.15, -0.1) is 0 Å². The van der Waals surface area contributed by atoms with Gasteiger partial charge in [-0.2, -0.15) is 0 Å². The molecule has 0 spiro atoms. The van der Waals surface area contributed by atoms with Crippen molar-refractivity contribution in [1.29, 1.82) is 0 Å². The standard InChI is InChI=1S/C45H28N2O/c1-3-13-29(14-4-1)30-16-11-19-33(27-30)47(32-17-5-2-6-18-32)41-26-25-39-42-37(41)23-12-24-38(42)43-44(39)48-45(46-43)40-28-31-15-7-8-20-34(31)35-21-9-10-22-36(35)40/h1-28H/i1D,2D,3D,4D,5D,6D,11D,13D,14D,16D,17D,18D,19D,27D. The smallest absolute Gasteiger partial charge is 0.228 e. The van der Waals surface area contributed by atoms with Crippen LogP contribution in [0.2, 0.25) is 0 Å². The number of nitrogens with zero attached hydrogens (tertiary/aromatic N) is 2. The lowest BCUT2D eigenvalue weighted by molar-refractivity contribution is 0.591. The van der Waals surface area contributed by atoms with Gasteiger partial charge in [0, 0.05) is 38.8 Å². The van der Waals surface area contributed by atoms with Gasteiger partial charge in [-0.1, -0.05) is 127 Å². The van der Waals surface area contributed by atoms with E-state index < -0.39 is 107 Å². The van der Waals surface area contributed by atoms with E-state index in [-0.39, 0.29) is 5.69 Å². The zero-order valence-corrected chi connectivity index (χ0v) is 24.9. The summed E-state index contributed by atoms with van der Waals surface area (Å²) in [6.07, 6.45) is 0. The van der Waals surface area contributed by atoms with E-state index in [0.29, 0.717) is 39.2 Å². The van der Waals surface area contributed by atoms with Crippen LogP contribution in [0.1, 0.15) is 19.2 Å². The molecule has 0 bridgehead atoms. The molecule has 48 heavy (non-hydrogen) atoms. The zero-order chi connectivity index (χ0) is 43.8. The Morgan fingerprint density at radius 3 is 2.10 bits per heavy atom. The quantitative estimate of drug-likeness (QED) is 0.178. The SMILES string of the molecule is [2H]c1c([2H])c([2H])c(-c2c([2H])c([2H])c([2H])c(N(c3c([2H])c([2H])c([2H])c([2H])c3[2H])c3ccc4c5c(cccc35)-c3nc(-c5cc6ccccc6c6ccccc56)oc3-4)c2[2H])c([2H])c1[2H].